The monoisotopic (exact) mass is 294 g/mol. The van der Waals surface area contributed by atoms with E-state index >= 15 is 0 Å². The topological polar surface area (TPSA) is 58.5 Å². The maximum atomic E-state index is 12.2. The minimum Gasteiger partial charge on any atom is -0.269 e. The molecule has 5 heteroatoms. The minimum absolute atomic E-state index is 0.268. The van der Waals surface area contributed by atoms with Crippen LogP contribution in [0.2, 0.25) is 0 Å². The minimum atomic E-state index is -3.51. The van der Waals surface area contributed by atoms with E-state index in [4.69, 9.17) is 0 Å². The molecule has 0 bridgehead atoms. The molecule has 2 rings (SSSR count). The van der Waals surface area contributed by atoms with Crippen molar-refractivity contribution in [2.24, 2.45) is 4.99 Å². The lowest BCUT2D eigenvalue weighted by molar-refractivity contribution is 0.443. The fourth-order valence-corrected chi connectivity index (χ4v) is 3.54. The van der Waals surface area contributed by atoms with Gasteiger partial charge in [0.2, 0.25) is 0 Å². The van der Waals surface area contributed by atoms with Crippen LogP contribution in [0.1, 0.15) is 44.6 Å². The molecule has 1 aromatic rings. The number of amidine groups is 1. The van der Waals surface area contributed by atoms with E-state index in [2.05, 4.69) is 9.71 Å². The molecule has 1 aliphatic carbocycles. The Labute approximate surface area is 121 Å². The first-order valence-corrected chi connectivity index (χ1v) is 8.59. The predicted octanol–water partition coefficient (Wildman–Crippen LogP) is 3.02. The van der Waals surface area contributed by atoms with Gasteiger partial charge in [-0.3, -0.25) is 9.71 Å². The normalized spacial score (nSPS) is 18.0. The molecule has 0 unspecified atom stereocenters. The van der Waals surface area contributed by atoms with Crippen LogP contribution in [0.3, 0.4) is 0 Å². The molecule has 4 nitrogen and oxygen atoms in total. The Morgan fingerprint density at radius 3 is 2.35 bits per heavy atom. The lowest BCUT2D eigenvalue weighted by Crippen LogP contribution is -2.30. The molecule has 0 atom stereocenters. The summed E-state index contributed by atoms with van der Waals surface area (Å²) in [5.74, 6) is 0.484. The first kappa shape index (κ1) is 15.0. The smallest absolute Gasteiger partial charge is 0.262 e. The van der Waals surface area contributed by atoms with Crippen molar-refractivity contribution >= 4 is 15.9 Å². The molecule has 20 heavy (non-hydrogen) atoms. The van der Waals surface area contributed by atoms with Crippen LogP contribution in [0, 0.1) is 6.92 Å². The molecule has 1 aliphatic rings. The van der Waals surface area contributed by atoms with Crippen LogP contribution in [0.4, 0.5) is 0 Å². The summed E-state index contributed by atoms with van der Waals surface area (Å²) in [6.45, 7) is 3.65. The summed E-state index contributed by atoms with van der Waals surface area (Å²) in [6, 6.07) is 7.09. The van der Waals surface area contributed by atoms with Gasteiger partial charge in [-0.2, -0.15) is 0 Å². The van der Waals surface area contributed by atoms with E-state index in [1.54, 1.807) is 31.2 Å². The molecule has 0 amide bonds. The van der Waals surface area contributed by atoms with Gasteiger partial charge in [-0.25, -0.2) is 8.42 Å². The average molecular weight is 294 g/mol. The van der Waals surface area contributed by atoms with Crippen molar-refractivity contribution < 1.29 is 8.42 Å². The Bertz CT molecular complexity index is 570. The van der Waals surface area contributed by atoms with Gasteiger partial charge in [0.1, 0.15) is 5.84 Å². The summed E-state index contributed by atoms with van der Waals surface area (Å²) in [4.78, 5) is 4.77. The number of aryl methyl sites for hydroxylation is 1. The molecule has 1 N–H and O–H groups in total. The first-order chi connectivity index (χ1) is 9.47. The molecule has 0 spiro atoms. The highest BCUT2D eigenvalue weighted by Gasteiger charge is 2.16. The van der Waals surface area contributed by atoms with Gasteiger partial charge in [-0.1, -0.05) is 37.0 Å². The highest BCUT2D eigenvalue weighted by Crippen LogP contribution is 2.20. The summed E-state index contributed by atoms with van der Waals surface area (Å²) in [6.07, 6.45) is 5.76. The molecular formula is C15H22N2O2S. The highest BCUT2D eigenvalue weighted by atomic mass is 32.2. The molecule has 0 heterocycles. The highest BCUT2D eigenvalue weighted by molar-refractivity contribution is 7.90. The predicted molar refractivity (Wildman–Crippen MR) is 81.5 cm³/mol. The molecule has 1 aromatic carbocycles. The van der Waals surface area contributed by atoms with Crippen LogP contribution in [0.25, 0.3) is 0 Å². The molecule has 110 valence electrons. The molecule has 0 saturated heterocycles. The number of rotatable bonds is 3. The first-order valence-electron chi connectivity index (χ1n) is 7.11. The molecule has 1 saturated carbocycles. The Hall–Kier alpha value is -1.36. The van der Waals surface area contributed by atoms with Crippen molar-refractivity contribution in [3.05, 3.63) is 29.8 Å². The van der Waals surface area contributed by atoms with Gasteiger partial charge >= 0.3 is 0 Å². The zero-order chi connectivity index (χ0) is 14.6. The van der Waals surface area contributed by atoms with Crippen molar-refractivity contribution in [3.63, 3.8) is 0 Å². The van der Waals surface area contributed by atoms with Gasteiger partial charge < -0.3 is 0 Å². The van der Waals surface area contributed by atoms with Crippen LogP contribution in [-0.2, 0) is 10.0 Å². The van der Waals surface area contributed by atoms with E-state index in [1.807, 2.05) is 6.92 Å². The van der Waals surface area contributed by atoms with E-state index in [0.717, 1.165) is 18.4 Å². The number of hydrogen-bond donors (Lipinski definition) is 1. The summed E-state index contributed by atoms with van der Waals surface area (Å²) >= 11 is 0. The Morgan fingerprint density at radius 1 is 1.15 bits per heavy atom. The van der Waals surface area contributed by atoms with Crippen molar-refractivity contribution in [2.75, 3.05) is 0 Å². The quantitative estimate of drug-likeness (QED) is 0.688. The van der Waals surface area contributed by atoms with Crippen molar-refractivity contribution in [3.8, 4) is 0 Å². The number of hydrogen-bond acceptors (Lipinski definition) is 3. The summed E-state index contributed by atoms with van der Waals surface area (Å²) in [7, 11) is -3.51. The Morgan fingerprint density at radius 2 is 1.75 bits per heavy atom. The third kappa shape index (κ3) is 4.07. The van der Waals surface area contributed by atoms with Crippen LogP contribution in [0.5, 0.6) is 0 Å². The van der Waals surface area contributed by atoms with E-state index < -0.39 is 10.0 Å². The maximum Gasteiger partial charge on any atom is 0.262 e. The largest absolute Gasteiger partial charge is 0.269 e. The number of nitrogens with one attached hydrogen (secondary N) is 1. The van der Waals surface area contributed by atoms with Gasteiger partial charge in [0, 0.05) is 0 Å². The average Bonchev–Trinajstić information content (AvgIpc) is 2.39. The molecule has 0 aliphatic heterocycles. The van der Waals surface area contributed by atoms with Gasteiger partial charge in [0.25, 0.3) is 10.0 Å². The molecule has 0 aromatic heterocycles. The lowest BCUT2D eigenvalue weighted by atomic mass is 9.96. The van der Waals surface area contributed by atoms with Crippen molar-refractivity contribution in [1.82, 2.24) is 4.72 Å². The van der Waals surface area contributed by atoms with E-state index in [9.17, 15) is 8.42 Å². The Balaban J connectivity index is 2.07. The fourth-order valence-electron chi connectivity index (χ4n) is 2.48. The number of nitrogens with zero attached hydrogens (tertiary/aromatic N) is 1. The van der Waals surface area contributed by atoms with Crippen molar-refractivity contribution in [2.45, 2.75) is 56.9 Å². The molecule has 1 fully saturated rings. The summed E-state index contributed by atoms with van der Waals surface area (Å²) in [5.41, 5.74) is 1.04. The Kier molecular flexibility index (Phi) is 4.81. The van der Waals surface area contributed by atoms with Gasteiger partial charge in [0.05, 0.1) is 10.9 Å². The lowest BCUT2D eigenvalue weighted by Gasteiger charge is -2.18. The maximum absolute atomic E-state index is 12.2. The second kappa shape index (κ2) is 6.39. The second-order valence-electron chi connectivity index (χ2n) is 5.42. The van der Waals surface area contributed by atoms with E-state index in [-0.39, 0.29) is 10.9 Å². The van der Waals surface area contributed by atoms with Crippen molar-refractivity contribution in [1.29, 1.82) is 0 Å². The van der Waals surface area contributed by atoms with Crippen LogP contribution >= 0.6 is 0 Å². The zero-order valence-corrected chi connectivity index (χ0v) is 12.9. The number of aliphatic imine (C=N–C) groups is 1. The molecule has 0 radical (unpaired) electrons. The zero-order valence-electron chi connectivity index (χ0n) is 12.1. The van der Waals surface area contributed by atoms with Gasteiger partial charge in [-0.15, -0.1) is 0 Å². The van der Waals surface area contributed by atoms with E-state index in [1.165, 1.54) is 19.3 Å². The summed E-state index contributed by atoms with van der Waals surface area (Å²) in [5, 5.41) is 0. The third-order valence-electron chi connectivity index (χ3n) is 3.56. The second-order valence-corrected chi connectivity index (χ2v) is 7.11. The summed E-state index contributed by atoms with van der Waals surface area (Å²) < 4.78 is 27.0. The number of benzene rings is 1. The SMILES string of the molecule is CC(=NC1CCCCC1)NS(=O)(=O)c1ccc(C)cc1. The van der Waals surface area contributed by atoms with Gasteiger partial charge in [0.15, 0.2) is 0 Å². The van der Waals surface area contributed by atoms with Gasteiger partial charge in [-0.05, 0) is 38.8 Å². The number of sulfonamides is 1. The van der Waals surface area contributed by atoms with Crippen LogP contribution in [-0.4, -0.2) is 20.3 Å². The van der Waals surface area contributed by atoms with E-state index in [0.29, 0.717) is 5.84 Å². The van der Waals surface area contributed by atoms with Crippen LogP contribution in [0.15, 0.2) is 34.2 Å². The van der Waals surface area contributed by atoms with Crippen LogP contribution < -0.4 is 4.72 Å². The third-order valence-corrected chi connectivity index (χ3v) is 5.02. The molecular weight excluding hydrogens is 272 g/mol. The fraction of sp³-hybridized carbons (Fsp3) is 0.533. The standard InChI is InChI=1S/C15H22N2O2S/c1-12-8-10-15(11-9-12)20(18,19)17-13(2)16-14-6-4-3-5-7-14/h8-11,14H,3-7H2,1-2H3,(H,16,17).